The summed E-state index contributed by atoms with van der Waals surface area (Å²) in [6.07, 6.45) is -3.35. The second kappa shape index (κ2) is 9.96. The van der Waals surface area contributed by atoms with Gasteiger partial charge in [0.05, 0.1) is 22.7 Å². The van der Waals surface area contributed by atoms with E-state index in [2.05, 4.69) is 19.8 Å². The Morgan fingerprint density at radius 2 is 1.87 bits per heavy atom. The maximum atomic E-state index is 16.1. The van der Waals surface area contributed by atoms with Crippen LogP contribution in [0.2, 0.25) is 0 Å². The van der Waals surface area contributed by atoms with Gasteiger partial charge in [-0.25, -0.2) is 14.4 Å². The van der Waals surface area contributed by atoms with Gasteiger partial charge < -0.3 is 30.0 Å². The molecule has 3 aliphatic rings. The molecule has 2 aromatic carbocycles. The van der Waals surface area contributed by atoms with Crippen LogP contribution in [-0.2, 0) is 10.2 Å². The number of hydrogen-bond acceptors (Lipinski definition) is 9. The first-order chi connectivity index (χ1) is 21.3. The predicted molar refractivity (Wildman–Crippen MR) is 157 cm³/mol. The summed E-state index contributed by atoms with van der Waals surface area (Å²) in [5.41, 5.74) is 4.93. The Morgan fingerprint density at radius 3 is 2.58 bits per heavy atom. The molecular weight excluding hydrogens is 613 g/mol. The van der Waals surface area contributed by atoms with E-state index in [9.17, 15) is 18.4 Å². The summed E-state index contributed by atoms with van der Waals surface area (Å²) < 4.78 is 64.9. The average Bonchev–Trinajstić information content (AvgIpc) is 3.30. The molecule has 0 unspecified atom stereocenters. The molecule has 4 heterocycles. The molecule has 4 aromatic rings. The third-order valence-corrected chi connectivity index (χ3v) is 9.45. The number of primary amides is 1. The fourth-order valence-corrected chi connectivity index (χ4v) is 6.68. The highest BCUT2D eigenvalue weighted by molar-refractivity contribution is 7.18. The minimum Gasteiger partial charge on any atom is -0.494 e. The number of aromatic nitrogens is 2. The number of nitrogens with zero attached hydrogens (tertiary/aromatic N) is 2. The number of carbonyl (C=O) groups excluding carboxylic acids is 2. The van der Waals surface area contributed by atoms with Crippen LogP contribution in [0.15, 0.2) is 36.4 Å². The third kappa shape index (κ3) is 4.87. The summed E-state index contributed by atoms with van der Waals surface area (Å²) >= 11 is 1.42. The Kier molecular flexibility index (Phi) is 6.45. The SMILES string of the molecule is COc1cc(C(=O)NC[C@H](c2cc3c(c(-c4ccc5c(c4)OC(F)(F)O5)n2)OC[C@]3(C)C(N)=O)C2(F)CC2)cc2sc(C)nc12. The van der Waals surface area contributed by atoms with Gasteiger partial charge in [-0.05, 0) is 63.1 Å². The van der Waals surface area contributed by atoms with Crippen molar-refractivity contribution in [1.29, 1.82) is 0 Å². The molecule has 2 atom stereocenters. The monoisotopic (exact) mass is 640 g/mol. The van der Waals surface area contributed by atoms with E-state index in [-0.39, 0.29) is 54.6 Å². The summed E-state index contributed by atoms with van der Waals surface area (Å²) in [6, 6.07) is 8.99. The third-order valence-electron chi connectivity index (χ3n) is 8.54. The summed E-state index contributed by atoms with van der Waals surface area (Å²) in [5.74, 6) is -1.74. The van der Waals surface area contributed by atoms with E-state index < -0.39 is 35.1 Å². The van der Waals surface area contributed by atoms with Crippen LogP contribution >= 0.6 is 11.3 Å². The van der Waals surface area contributed by atoms with Crippen LogP contribution in [0.25, 0.3) is 21.5 Å². The lowest BCUT2D eigenvalue weighted by atomic mass is 9.82. The van der Waals surface area contributed by atoms with Crippen molar-refractivity contribution in [2.45, 2.75) is 50.0 Å². The van der Waals surface area contributed by atoms with Crippen LogP contribution in [0, 0.1) is 6.92 Å². The highest BCUT2D eigenvalue weighted by Crippen LogP contribution is 2.53. The summed E-state index contributed by atoms with van der Waals surface area (Å²) in [4.78, 5) is 35.2. The molecule has 1 aliphatic carbocycles. The molecule has 3 N–H and O–H groups in total. The molecule has 2 amide bonds. The molecule has 0 saturated heterocycles. The van der Waals surface area contributed by atoms with Gasteiger partial charge in [-0.3, -0.25) is 9.59 Å². The van der Waals surface area contributed by atoms with Gasteiger partial charge >= 0.3 is 6.29 Å². The molecule has 0 bridgehead atoms. The number of rotatable bonds is 8. The minimum atomic E-state index is -3.83. The molecular formula is C31H27F3N4O6S. The number of nitrogens with one attached hydrogen (secondary N) is 1. The maximum absolute atomic E-state index is 16.1. The number of hydrogen-bond donors (Lipinski definition) is 2. The zero-order chi connectivity index (χ0) is 31.9. The van der Waals surface area contributed by atoms with E-state index in [1.165, 1.54) is 36.6 Å². The van der Waals surface area contributed by atoms with Crippen molar-refractivity contribution in [2.75, 3.05) is 20.3 Å². The lowest BCUT2D eigenvalue weighted by Gasteiger charge is -2.24. The number of nitrogens with two attached hydrogens (primary N) is 1. The summed E-state index contributed by atoms with van der Waals surface area (Å²) in [7, 11) is 1.49. The molecule has 0 radical (unpaired) electrons. The van der Waals surface area contributed by atoms with Gasteiger partial charge in [-0.2, -0.15) is 0 Å². The average molecular weight is 641 g/mol. The predicted octanol–water partition coefficient (Wildman–Crippen LogP) is 5.15. The highest BCUT2D eigenvalue weighted by Gasteiger charge is 2.53. The molecule has 45 heavy (non-hydrogen) atoms. The minimum absolute atomic E-state index is 0.0953. The lowest BCUT2D eigenvalue weighted by molar-refractivity contribution is -0.286. The Labute approximate surface area is 258 Å². The van der Waals surface area contributed by atoms with Gasteiger partial charge in [-0.1, -0.05) is 0 Å². The normalized spacial score (nSPS) is 20.8. The molecule has 2 aliphatic heterocycles. The largest absolute Gasteiger partial charge is 0.586 e. The van der Waals surface area contributed by atoms with Crippen molar-refractivity contribution in [1.82, 2.24) is 15.3 Å². The molecule has 2 aromatic heterocycles. The van der Waals surface area contributed by atoms with Gasteiger partial charge in [-0.15, -0.1) is 20.1 Å². The van der Waals surface area contributed by atoms with Crippen LogP contribution in [0.1, 0.15) is 52.3 Å². The maximum Gasteiger partial charge on any atom is 0.586 e. The van der Waals surface area contributed by atoms with Crippen LogP contribution < -0.4 is 30.0 Å². The second-order valence-corrected chi connectivity index (χ2v) is 12.9. The molecule has 14 heteroatoms. The van der Waals surface area contributed by atoms with Gasteiger partial charge in [0.15, 0.2) is 11.5 Å². The number of benzene rings is 2. The number of carbonyl (C=O) groups is 2. The number of halogens is 3. The number of fused-ring (bicyclic) bond motifs is 3. The van der Waals surface area contributed by atoms with E-state index in [1.807, 2.05) is 6.92 Å². The Hall–Kier alpha value is -4.59. The van der Waals surface area contributed by atoms with Crippen molar-refractivity contribution < 1.29 is 41.7 Å². The van der Waals surface area contributed by atoms with Crippen molar-refractivity contribution in [3.8, 4) is 34.3 Å². The molecule has 0 spiro atoms. The number of pyridine rings is 1. The highest BCUT2D eigenvalue weighted by atomic mass is 32.1. The number of aryl methyl sites for hydroxylation is 1. The number of methoxy groups -OCH3 is 1. The molecule has 1 fully saturated rings. The second-order valence-electron chi connectivity index (χ2n) is 11.6. The first-order valence-corrected chi connectivity index (χ1v) is 14.9. The van der Waals surface area contributed by atoms with E-state index in [4.69, 9.17) is 20.2 Å². The van der Waals surface area contributed by atoms with Gasteiger partial charge in [0.1, 0.15) is 40.4 Å². The summed E-state index contributed by atoms with van der Waals surface area (Å²) in [6.45, 7) is 3.25. The fraction of sp³-hybridized carbons (Fsp3) is 0.355. The van der Waals surface area contributed by atoms with Crippen molar-refractivity contribution in [2.24, 2.45) is 5.73 Å². The zero-order valence-electron chi connectivity index (χ0n) is 24.3. The van der Waals surface area contributed by atoms with Crippen molar-refractivity contribution >= 4 is 33.4 Å². The van der Waals surface area contributed by atoms with Gasteiger partial charge in [0, 0.05) is 28.9 Å². The molecule has 1 saturated carbocycles. The number of thiazole rings is 1. The molecule has 7 rings (SSSR count). The fourth-order valence-electron chi connectivity index (χ4n) is 5.79. The lowest BCUT2D eigenvalue weighted by Crippen LogP contribution is -2.40. The Bertz CT molecular complexity index is 1910. The van der Waals surface area contributed by atoms with Crippen molar-refractivity contribution in [3.05, 3.63) is 58.2 Å². The van der Waals surface area contributed by atoms with Crippen LogP contribution in [-0.4, -0.2) is 54.0 Å². The standard InChI is InChI=1S/C31H27F3N4O6S/c1-14-37-25-22(41-3)9-16(10-23(25)45-14)27(39)36-12-18(30(32)6-7-30)19-11-17-26(42-13-29(17,2)28(35)40)24(38-19)15-4-5-20-21(8-15)44-31(33,34)43-20/h4-5,8-11,18H,6-7,12-13H2,1-3H3,(H2,35,40)(H,36,39)/t18-,29+/m1/s1. The van der Waals surface area contributed by atoms with Gasteiger partial charge in [0.2, 0.25) is 5.91 Å². The van der Waals surface area contributed by atoms with E-state index in [1.54, 1.807) is 25.1 Å². The smallest absolute Gasteiger partial charge is 0.494 e. The first-order valence-electron chi connectivity index (χ1n) is 14.1. The number of amides is 2. The van der Waals surface area contributed by atoms with E-state index in [0.717, 1.165) is 9.71 Å². The van der Waals surface area contributed by atoms with Crippen LogP contribution in [0.5, 0.6) is 23.0 Å². The molecule has 10 nitrogen and oxygen atoms in total. The topological polar surface area (TPSA) is 135 Å². The Morgan fingerprint density at radius 1 is 1.11 bits per heavy atom. The van der Waals surface area contributed by atoms with E-state index in [0.29, 0.717) is 28.0 Å². The van der Waals surface area contributed by atoms with Crippen molar-refractivity contribution in [3.63, 3.8) is 0 Å². The van der Waals surface area contributed by atoms with Gasteiger partial charge in [0.25, 0.3) is 5.91 Å². The first kappa shape index (κ1) is 29.1. The van der Waals surface area contributed by atoms with E-state index >= 15 is 4.39 Å². The quantitative estimate of drug-likeness (QED) is 0.270. The molecule has 234 valence electrons. The number of ether oxygens (including phenoxy) is 4. The number of alkyl halides is 3. The zero-order valence-corrected chi connectivity index (χ0v) is 25.1. The summed E-state index contributed by atoms with van der Waals surface area (Å²) in [5, 5.41) is 3.66. The van der Waals surface area contributed by atoms with Crippen LogP contribution in [0.3, 0.4) is 0 Å². The Balaban J connectivity index is 1.27. The van der Waals surface area contributed by atoms with Crippen LogP contribution in [0.4, 0.5) is 13.2 Å².